The number of hydrogen-bond acceptors (Lipinski definition) is 2. The average molecular weight is 345 g/mol. The van der Waals surface area contributed by atoms with E-state index < -0.39 is 0 Å². The van der Waals surface area contributed by atoms with Crippen molar-refractivity contribution in [2.24, 2.45) is 0 Å². The molecule has 6 heteroatoms. The van der Waals surface area contributed by atoms with E-state index in [0.717, 1.165) is 49.7 Å². The number of amides is 3. The van der Waals surface area contributed by atoms with Crippen LogP contribution in [0.5, 0.6) is 0 Å². The Hall–Kier alpha value is -2.11. The van der Waals surface area contributed by atoms with Gasteiger partial charge in [-0.2, -0.15) is 0 Å². The molecular weight excluding hydrogens is 321 g/mol. The van der Waals surface area contributed by atoms with Crippen LogP contribution < -0.4 is 10.6 Å². The molecule has 2 N–H and O–H groups in total. The second kappa shape index (κ2) is 6.65. The topological polar surface area (TPSA) is 61.4 Å². The molecule has 2 atom stereocenters. The van der Waals surface area contributed by atoms with Gasteiger partial charge in [0.15, 0.2) is 0 Å². The highest BCUT2D eigenvalue weighted by Gasteiger charge is 2.37. The number of carbonyl (C=O) groups is 2. The summed E-state index contributed by atoms with van der Waals surface area (Å²) < 4.78 is 13.6. The molecule has 134 valence electrons. The van der Waals surface area contributed by atoms with Crippen LogP contribution in [-0.4, -0.2) is 35.5 Å². The zero-order valence-electron chi connectivity index (χ0n) is 14.3. The van der Waals surface area contributed by atoms with Gasteiger partial charge in [-0.1, -0.05) is 6.07 Å². The first-order valence-electron chi connectivity index (χ1n) is 9.27. The zero-order valence-corrected chi connectivity index (χ0v) is 14.3. The third kappa shape index (κ3) is 3.48. The van der Waals surface area contributed by atoms with Gasteiger partial charge in [0, 0.05) is 12.6 Å². The van der Waals surface area contributed by atoms with E-state index in [1.165, 1.54) is 12.1 Å². The lowest BCUT2D eigenvalue weighted by atomic mass is 9.87. The Kier molecular flexibility index (Phi) is 4.36. The number of likely N-dealkylation sites (tertiary alicyclic amines) is 1. The van der Waals surface area contributed by atoms with Gasteiger partial charge in [0.2, 0.25) is 5.91 Å². The maximum absolute atomic E-state index is 13.6. The van der Waals surface area contributed by atoms with Gasteiger partial charge in [-0.15, -0.1) is 0 Å². The van der Waals surface area contributed by atoms with Crippen molar-refractivity contribution in [1.82, 2.24) is 15.5 Å². The fourth-order valence-corrected chi connectivity index (χ4v) is 3.96. The summed E-state index contributed by atoms with van der Waals surface area (Å²) >= 11 is 0. The summed E-state index contributed by atoms with van der Waals surface area (Å²) in [5.41, 5.74) is 1.97. The normalized spacial score (nSPS) is 25.4. The Bertz CT molecular complexity index is 689. The first-order chi connectivity index (χ1) is 12.1. The average Bonchev–Trinajstić information content (AvgIpc) is 3.26. The van der Waals surface area contributed by atoms with Crippen LogP contribution in [0.1, 0.15) is 55.7 Å². The molecule has 5 nitrogen and oxygen atoms in total. The molecule has 4 rings (SSSR count). The van der Waals surface area contributed by atoms with E-state index in [1.54, 1.807) is 4.90 Å². The number of nitrogens with one attached hydrogen (secondary N) is 2. The predicted molar refractivity (Wildman–Crippen MR) is 91.5 cm³/mol. The van der Waals surface area contributed by atoms with E-state index in [9.17, 15) is 14.0 Å². The quantitative estimate of drug-likeness (QED) is 0.885. The standard InChI is InChI=1S/C19H24FN3O2/c20-13-7-6-12-3-1-4-16(15(12)11-13)22-19(25)23-10-2-5-17(23)18(24)21-14-8-9-14/h6-7,11,14,16-17H,1-5,8-10H2,(H,21,24)(H,22,25)/t16-,17-/m0/s1. The number of rotatable bonds is 3. The van der Waals surface area contributed by atoms with Crippen LogP contribution in [0.15, 0.2) is 18.2 Å². The number of benzene rings is 1. The summed E-state index contributed by atoms with van der Waals surface area (Å²) in [6, 6.07) is 4.34. The fraction of sp³-hybridized carbons (Fsp3) is 0.579. The molecule has 0 aromatic heterocycles. The van der Waals surface area contributed by atoms with Gasteiger partial charge in [0.25, 0.3) is 0 Å². The number of halogens is 1. The van der Waals surface area contributed by atoms with Crippen LogP contribution >= 0.6 is 0 Å². The summed E-state index contributed by atoms with van der Waals surface area (Å²) in [4.78, 5) is 26.8. The van der Waals surface area contributed by atoms with Crippen molar-refractivity contribution in [3.05, 3.63) is 35.1 Å². The molecule has 1 heterocycles. The van der Waals surface area contributed by atoms with Gasteiger partial charge in [0.1, 0.15) is 11.9 Å². The second-order valence-electron chi connectivity index (χ2n) is 7.37. The van der Waals surface area contributed by atoms with Crippen LogP contribution in [0.4, 0.5) is 9.18 Å². The minimum absolute atomic E-state index is 0.0368. The van der Waals surface area contributed by atoms with Crippen molar-refractivity contribution >= 4 is 11.9 Å². The van der Waals surface area contributed by atoms with E-state index >= 15 is 0 Å². The lowest BCUT2D eigenvalue weighted by Gasteiger charge is -2.30. The summed E-state index contributed by atoms with van der Waals surface area (Å²) in [6.07, 6.45) is 6.31. The van der Waals surface area contributed by atoms with Crippen molar-refractivity contribution < 1.29 is 14.0 Å². The SMILES string of the molecule is O=C(NC1CC1)[C@@H]1CCCN1C(=O)N[C@H]1CCCc2ccc(F)cc21. The van der Waals surface area contributed by atoms with Crippen LogP contribution in [0.25, 0.3) is 0 Å². The summed E-state index contributed by atoms with van der Waals surface area (Å²) in [5.74, 6) is -0.312. The number of aryl methyl sites for hydroxylation is 1. The second-order valence-corrected chi connectivity index (χ2v) is 7.37. The molecule has 1 saturated carbocycles. The minimum atomic E-state index is -0.379. The van der Waals surface area contributed by atoms with Crippen LogP contribution in [0, 0.1) is 5.82 Å². The maximum Gasteiger partial charge on any atom is 0.318 e. The third-order valence-corrected chi connectivity index (χ3v) is 5.46. The fourth-order valence-electron chi connectivity index (χ4n) is 3.96. The van der Waals surface area contributed by atoms with E-state index in [-0.39, 0.29) is 29.8 Å². The predicted octanol–water partition coefficient (Wildman–Crippen LogP) is 2.66. The van der Waals surface area contributed by atoms with Gasteiger partial charge >= 0.3 is 6.03 Å². The lowest BCUT2D eigenvalue weighted by Crippen LogP contribution is -2.50. The Labute approximate surface area is 147 Å². The smallest absolute Gasteiger partial charge is 0.318 e. The van der Waals surface area contributed by atoms with Crippen molar-refractivity contribution in [1.29, 1.82) is 0 Å². The molecular formula is C19H24FN3O2. The van der Waals surface area contributed by atoms with Gasteiger partial charge in [-0.05, 0) is 68.2 Å². The van der Waals surface area contributed by atoms with Crippen molar-refractivity contribution in [3.63, 3.8) is 0 Å². The van der Waals surface area contributed by atoms with Gasteiger partial charge in [-0.25, -0.2) is 9.18 Å². The molecule has 3 amide bonds. The number of fused-ring (bicyclic) bond motifs is 1. The van der Waals surface area contributed by atoms with Crippen molar-refractivity contribution in [2.75, 3.05) is 6.54 Å². The van der Waals surface area contributed by atoms with E-state index in [2.05, 4.69) is 10.6 Å². The van der Waals surface area contributed by atoms with Crippen LogP contribution in [-0.2, 0) is 11.2 Å². The summed E-state index contributed by atoms with van der Waals surface area (Å²) in [6.45, 7) is 0.595. The first kappa shape index (κ1) is 16.4. The van der Waals surface area contributed by atoms with Crippen molar-refractivity contribution in [3.8, 4) is 0 Å². The molecule has 25 heavy (non-hydrogen) atoms. The number of urea groups is 1. The highest BCUT2D eigenvalue weighted by molar-refractivity contribution is 5.88. The Morgan fingerprint density at radius 3 is 2.72 bits per heavy atom. The molecule has 2 fully saturated rings. The monoisotopic (exact) mass is 345 g/mol. The molecule has 0 unspecified atom stereocenters. The first-order valence-corrected chi connectivity index (χ1v) is 9.27. The van der Waals surface area contributed by atoms with Gasteiger partial charge in [0.05, 0.1) is 6.04 Å². The Balaban J connectivity index is 1.45. The van der Waals surface area contributed by atoms with E-state index in [4.69, 9.17) is 0 Å². The van der Waals surface area contributed by atoms with Gasteiger partial charge in [-0.3, -0.25) is 4.79 Å². The number of nitrogens with zero attached hydrogens (tertiary/aromatic N) is 1. The lowest BCUT2D eigenvalue weighted by molar-refractivity contribution is -0.124. The molecule has 1 aromatic carbocycles. The van der Waals surface area contributed by atoms with Gasteiger partial charge < -0.3 is 15.5 Å². The summed E-state index contributed by atoms with van der Waals surface area (Å²) in [5, 5.41) is 6.04. The Morgan fingerprint density at radius 1 is 1.08 bits per heavy atom. The molecule has 2 aliphatic carbocycles. The highest BCUT2D eigenvalue weighted by atomic mass is 19.1. The molecule has 0 bridgehead atoms. The molecule has 3 aliphatic rings. The van der Waals surface area contributed by atoms with E-state index in [0.29, 0.717) is 19.0 Å². The maximum atomic E-state index is 13.6. The zero-order chi connectivity index (χ0) is 17.4. The van der Waals surface area contributed by atoms with Crippen LogP contribution in [0.2, 0.25) is 0 Å². The molecule has 1 aliphatic heterocycles. The highest BCUT2D eigenvalue weighted by Crippen LogP contribution is 2.31. The molecule has 0 spiro atoms. The molecule has 1 saturated heterocycles. The minimum Gasteiger partial charge on any atom is -0.352 e. The summed E-state index contributed by atoms with van der Waals surface area (Å²) in [7, 11) is 0. The number of hydrogen-bond donors (Lipinski definition) is 2. The Morgan fingerprint density at radius 2 is 1.92 bits per heavy atom. The van der Waals surface area contributed by atoms with Crippen LogP contribution in [0.3, 0.4) is 0 Å². The van der Waals surface area contributed by atoms with Crippen molar-refractivity contribution in [2.45, 2.75) is 63.1 Å². The van der Waals surface area contributed by atoms with E-state index in [1.807, 2.05) is 6.07 Å². The molecule has 1 aromatic rings. The molecule has 0 radical (unpaired) electrons. The largest absolute Gasteiger partial charge is 0.352 e. The number of carbonyl (C=O) groups excluding carboxylic acids is 2. The third-order valence-electron chi connectivity index (χ3n) is 5.46.